The summed E-state index contributed by atoms with van der Waals surface area (Å²) in [5, 5.41) is 15.4. The number of carboxylic acid groups (broad SMARTS) is 1. The van der Waals surface area contributed by atoms with Crippen molar-refractivity contribution in [1.29, 1.82) is 0 Å². The number of carboxylic acids is 1. The van der Waals surface area contributed by atoms with Crippen LogP contribution in [0.1, 0.15) is 29.5 Å². The largest absolute Gasteiger partial charge is 0.481 e. The van der Waals surface area contributed by atoms with Crippen LogP contribution < -0.4 is 5.32 Å². The van der Waals surface area contributed by atoms with Gasteiger partial charge >= 0.3 is 5.97 Å². The second-order valence-corrected chi connectivity index (χ2v) is 3.93. The molecule has 0 spiro atoms. The van der Waals surface area contributed by atoms with Crippen molar-refractivity contribution in [2.24, 2.45) is 5.92 Å². The number of rotatable bonds is 2. The van der Waals surface area contributed by atoms with Crippen LogP contribution in [-0.2, 0) is 9.59 Å². The van der Waals surface area contributed by atoms with Crippen molar-refractivity contribution in [3.63, 3.8) is 0 Å². The highest BCUT2D eigenvalue weighted by atomic mass is 16.5. The van der Waals surface area contributed by atoms with Gasteiger partial charge in [-0.3, -0.25) is 9.59 Å². The van der Waals surface area contributed by atoms with Crippen molar-refractivity contribution in [2.75, 3.05) is 0 Å². The van der Waals surface area contributed by atoms with Crippen LogP contribution in [0.5, 0.6) is 0 Å². The molecule has 2 heterocycles. The molecule has 16 heavy (non-hydrogen) atoms. The first-order valence-corrected chi connectivity index (χ1v) is 4.95. The van der Waals surface area contributed by atoms with Crippen LogP contribution in [0.4, 0.5) is 0 Å². The Bertz CT molecular complexity index is 432. The van der Waals surface area contributed by atoms with Gasteiger partial charge in [0.05, 0.1) is 17.7 Å². The van der Waals surface area contributed by atoms with E-state index in [2.05, 4.69) is 10.5 Å². The van der Waals surface area contributed by atoms with E-state index in [1.165, 1.54) is 0 Å². The normalized spacial score (nSPS) is 24.5. The van der Waals surface area contributed by atoms with Crippen LogP contribution in [0.3, 0.4) is 0 Å². The molecule has 1 saturated heterocycles. The Balaban J connectivity index is 2.40. The molecule has 1 amide bonds. The maximum Gasteiger partial charge on any atom is 0.309 e. The van der Waals surface area contributed by atoms with Crippen molar-refractivity contribution < 1.29 is 19.2 Å². The van der Waals surface area contributed by atoms with Crippen molar-refractivity contribution in [3.05, 3.63) is 17.0 Å². The number of aryl methyl sites for hydroxylation is 2. The molecule has 1 aromatic heterocycles. The van der Waals surface area contributed by atoms with Crippen LogP contribution in [-0.4, -0.2) is 22.1 Å². The van der Waals surface area contributed by atoms with E-state index in [1.54, 1.807) is 13.8 Å². The third kappa shape index (κ3) is 1.56. The average molecular weight is 224 g/mol. The molecule has 0 radical (unpaired) electrons. The molecule has 0 aliphatic carbocycles. The molecule has 2 unspecified atom stereocenters. The molecular formula is C10H12N2O4. The summed E-state index contributed by atoms with van der Waals surface area (Å²) in [6, 6.07) is -0.531. The highest BCUT2D eigenvalue weighted by Gasteiger charge is 2.41. The summed E-state index contributed by atoms with van der Waals surface area (Å²) in [5.74, 6) is -1.43. The summed E-state index contributed by atoms with van der Waals surface area (Å²) in [6.07, 6.45) is 0.00403. The zero-order valence-electron chi connectivity index (χ0n) is 8.98. The first-order valence-electron chi connectivity index (χ1n) is 4.95. The van der Waals surface area contributed by atoms with Gasteiger partial charge in [-0.2, -0.15) is 0 Å². The number of carbonyl (C=O) groups is 2. The van der Waals surface area contributed by atoms with Gasteiger partial charge in [0.25, 0.3) is 0 Å². The minimum atomic E-state index is -0.983. The topological polar surface area (TPSA) is 92.4 Å². The summed E-state index contributed by atoms with van der Waals surface area (Å²) in [4.78, 5) is 22.3. The maximum atomic E-state index is 11.3. The molecule has 86 valence electrons. The number of carbonyl (C=O) groups excluding carboxylic acids is 1. The third-order valence-electron chi connectivity index (χ3n) is 2.84. The predicted molar refractivity (Wildman–Crippen MR) is 52.6 cm³/mol. The lowest BCUT2D eigenvalue weighted by molar-refractivity contribution is -0.142. The van der Waals surface area contributed by atoms with Gasteiger partial charge in [0.1, 0.15) is 5.76 Å². The minimum absolute atomic E-state index is 0.00403. The Morgan fingerprint density at radius 3 is 2.75 bits per heavy atom. The molecule has 2 N–H and O–H groups in total. The first-order chi connectivity index (χ1) is 7.50. The number of hydrogen-bond acceptors (Lipinski definition) is 4. The van der Waals surface area contributed by atoms with Gasteiger partial charge < -0.3 is 14.9 Å². The Hall–Kier alpha value is -1.85. The van der Waals surface area contributed by atoms with Crippen molar-refractivity contribution in [1.82, 2.24) is 10.5 Å². The summed E-state index contributed by atoms with van der Waals surface area (Å²) < 4.78 is 4.98. The fourth-order valence-corrected chi connectivity index (χ4v) is 2.09. The molecule has 1 aliphatic heterocycles. The summed E-state index contributed by atoms with van der Waals surface area (Å²) >= 11 is 0. The third-order valence-corrected chi connectivity index (χ3v) is 2.84. The molecule has 1 aliphatic rings. The van der Waals surface area contributed by atoms with Crippen molar-refractivity contribution >= 4 is 11.9 Å². The van der Waals surface area contributed by atoms with Crippen LogP contribution in [0.2, 0.25) is 0 Å². The average Bonchev–Trinajstić information content (AvgIpc) is 2.70. The zero-order valence-corrected chi connectivity index (χ0v) is 8.98. The Morgan fingerprint density at radius 2 is 2.25 bits per heavy atom. The highest BCUT2D eigenvalue weighted by molar-refractivity contribution is 5.87. The number of hydrogen-bond donors (Lipinski definition) is 2. The van der Waals surface area contributed by atoms with E-state index < -0.39 is 17.9 Å². The molecule has 0 aromatic carbocycles. The van der Waals surface area contributed by atoms with E-state index in [0.717, 1.165) is 0 Å². The molecule has 1 fully saturated rings. The first kappa shape index (κ1) is 10.7. The predicted octanol–water partition coefficient (Wildman–Crippen LogP) is 0.553. The van der Waals surface area contributed by atoms with Gasteiger partial charge in [-0.15, -0.1) is 0 Å². The molecular weight excluding hydrogens is 212 g/mol. The Kier molecular flexibility index (Phi) is 2.41. The molecule has 1 aromatic rings. The number of nitrogens with zero attached hydrogens (tertiary/aromatic N) is 1. The monoisotopic (exact) mass is 224 g/mol. The Labute approximate surface area is 91.6 Å². The number of aliphatic carboxylic acids is 1. The van der Waals surface area contributed by atoms with Crippen molar-refractivity contribution in [2.45, 2.75) is 26.3 Å². The van der Waals surface area contributed by atoms with E-state index in [1.807, 2.05) is 0 Å². The number of aromatic nitrogens is 1. The lowest BCUT2D eigenvalue weighted by atomic mass is 9.93. The van der Waals surface area contributed by atoms with Gasteiger partial charge in [0.15, 0.2) is 0 Å². The van der Waals surface area contributed by atoms with E-state index in [9.17, 15) is 9.59 Å². The number of amides is 1. The second kappa shape index (κ2) is 3.62. The molecule has 2 rings (SSSR count). The molecule has 6 nitrogen and oxygen atoms in total. The lowest BCUT2D eigenvalue weighted by Crippen LogP contribution is -2.25. The van der Waals surface area contributed by atoms with E-state index in [-0.39, 0.29) is 12.3 Å². The van der Waals surface area contributed by atoms with Crippen LogP contribution in [0.15, 0.2) is 4.52 Å². The van der Waals surface area contributed by atoms with Crippen LogP contribution >= 0.6 is 0 Å². The minimum Gasteiger partial charge on any atom is -0.481 e. The standard InChI is InChI=1S/C10H12N2O4/c1-4-8(5(2)16-12-4)9-6(10(14)15)3-7(13)11-9/h6,9H,3H2,1-2H3,(H,11,13)(H,14,15). The van der Waals surface area contributed by atoms with Gasteiger partial charge in [-0.25, -0.2) is 0 Å². The maximum absolute atomic E-state index is 11.3. The van der Waals surface area contributed by atoms with Crippen molar-refractivity contribution in [3.8, 4) is 0 Å². The number of nitrogens with one attached hydrogen (secondary N) is 1. The molecule has 2 atom stereocenters. The smallest absolute Gasteiger partial charge is 0.309 e. The van der Waals surface area contributed by atoms with Crippen LogP contribution in [0.25, 0.3) is 0 Å². The van der Waals surface area contributed by atoms with Gasteiger partial charge in [-0.1, -0.05) is 5.16 Å². The molecule has 0 bridgehead atoms. The quantitative estimate of drug-likeness (QED) is 0.765. The van der Waals surface area contributed by atoms with E-state index in [4.69, 9.17) is 9.63 Å². The SMILES string of the molecule is Cc1noc(C)c1C1NC(=O)CC1C(=O)O. The summed E-state index contributed by atoms with van der Waals surface area (Å²) in [6.45, 7) is 3.44. The fraction of sp³-hybridized carbons (Fsp3) is 0.500. The van der Waals surface area contributed by atoms with E-state index in [0.29, 0.717) is 17.0 Å². The van der Waals surface area contributed by atoms with Gasteiger partial charge in [0, 0.05) is 12.0 Å². The lowest BCUT2D eigenvalue weighted by Gasteiger charge is -2.14. The molecule has 6 heteroatoms. The molecule has 0 saturated carbocycles. The fourth-order valence-electron chi connectivity index (χ4n) is 2.09. The Morgan fingerprint density at radius 1 is 1.56 bits per heavy atom. The summed E-state index contributed by atoms with van der Waals surface area (Å²) in [5.41, 5.74) is 1.30. The van der Waals surface area contributed by atoms with Gasteiger partial charge in [-0.05, 0) is 13.8 Å². The highest BCUT2D eigenvalue weighted by Crippen LogP contribution is 2.33. The second-order valence-electron chi connectivity index (χ2n) is 3.93. The zero-order chi connectivity index (χ0) is 11.9. The van der Waals surface area contributed by atoms with Gasteiger partial charge in [0.2, 0.25) is 5.91 Å². The van der Waals surface area contributed by atoms with E-state index >= 15 is 0 Å². The summed E-state index contributed by atoms with van der Waals surface area (Å²) in [7, 11) is 0. The van der Waals surface area contributed by atoms with Crippen LogP contribution in [0, 0.1) is 19.8 Å².